The number of carbonyl (C=O) groups is 1. The Balaban J connectivity index is 1.89. The summed E-state index contributed by atoms with van der Waals surface area (Å²) in [5.41, 5.74) is 1.35. The summed E-state index contributed by atoms with van der Waals surface area (Å²) in [6, 6.07) is 12.6. The number of methoxy groups -OCH3 is 3. The third-order valence-corrected chi connectivity index (χ3v) is 4.16. The topological polar surface area (TPSA) is 107 Å². The van der Waals surface area contributed by atoms with Crippen LogP contribution < -0.4 is 19.1 Å². The van der Waals surface area contributed by atoms with Crippen LogP contribution in [0.5, 0.6) is 17.2 Å². The van der Waals surface area contributed by atoms with Gasteiger partial charge in [-0.1, -0.05) is 23.4 Å². The van der Waals surface area contributed by atoms with Gasteiger partial charge in [0, 0.05) is 11.3 Å². The van der Waals surface area contributed by atoms with E-state index in [0.717, 1.165) is 5.69 Å². The maximum absolute atomic E-state index is 11.3. The molecule has 0 fully saturated rings. The number of carboxylic acid groups (broad SMARTS) is 1. The van der Waals surface area contributed by atoms with Crippen LogP contribution in [0.2, 0.25) is 0 Å². The van der Waals surface area contributed by atoms with Gasteiger partial charge in [-0.15, -0.1) is 0 Å². The molecule has 0 atom stereocenters. The quantitative estimate of drug-likeness (QED) is 0.581. The molecule has 0 aliphatic rings. The summed E-state index contributed by atoms with van der Waals surface area (Å²) in [5.74, 6) is 1.02. The lowest BCUT2D eigenvalue weighted by Gasteiger charge is -2.20. The van der Waals surface area contributed by atoms with E-state index in [-0.39, 0.29) is 19.0 Å². The first-order valence-corrected chi connectivity index (χ1v) is 8.70. The minimum atomic E-state index is -0.960. The van der Waals surface area contributed by atoms with Crippen molar-refractivity contribution >= 4 is 11.7 Å². The van der Waals surface area contributed by atoms with E-state index in [4.69, 9.17) is 18.7 Å². The summed E-state index contributed by atoms with van der Waals surface area (Å²) in [6.07, 6.45) is 0. The van der Waals surface area contributed by atoms with Crippen molar-refractivity contribution in [2.45, 2.75) is 6.54 Å². The fraction of sp³-hybridized carbons (Fsp3) is 0.250. The predicted octanol–water partition coefficient (Wildman–Crippen LogP) is 2.85. The Labute approximate surface area is 167 Å². The third-order valence-electron chi connectivity index (χ3n) is 4.16. The molecule has 1 heterocycles. The second-order valence-electron chi connectivity index (χ2n) is 6.01. The second-order valence-corrected chi connectivity index (χ2v) is 6.01. The van der Waals surface area contributed by atoms with E-state index < -0.39 is 5.97 Å². The SMILES string of the molecule is COc1cc(-c2noc(CN(CC(=O)O)c3ccccc3)n2)cc(OC)c1OC. The molecule has 0 aliphatic carbocycles. The fourth-order valence-electron chi connectivity index (χ4n) is 2.85. The van der Waals surface area contributed by atoms with Crippen molar-refractivity contribution in [2.75, 3.05) is 32.8 Å². The molecule has 29 heavy (non-hydrogen) atoms. The van der Waals surface area contributed by atoms with Gasteiger partial charge in [-0.25, -0.2) is 0 Å². The summed E-state index contributed by atoms with van der Waals surface area (Å²) in [4.78, 5) is 17.3. The van der Waals surface area contributed by atoms with Gasteiger partial charge in [0.2, 0.25) is 17.5 Å². The largest absolute Gasteiger partial charge is 0.493 e. The molecule has 2 aromatic carbocycles. The van der Waals surface area contributed by atoms with Crippen molar-refractivity contribution < 1.29 is 28.6 Å². The van der Waals surface area contributed by atoms with Gasteiger partial charge >= 0.3 is 5.97 Å². The molecule has 0 spiro atoms. The molecule has 0 aliphatic heterocycles. The lowest BCUT2D eigenvalue weighted by molar-refractivity contribution is -0.135. The molecular weight excluding hydrogens is 378 g/mol. The van der Waals surface area contributed by atoms with Crippen LogP contribution in [-0.4, -0.2) is 49.1 Å². The van der Waals surface area contributed by atoms with Crippen molar-refractivity contribution in [1.82, 2.24) is 10.1 Å². The Hall–Kier alpha value is -3.75. The van der Waals surface area contributed by atoms with E-state index in [1.54, 1.807) is 17.0 Å². The molecule has 0 amide bonds. The first kappa shape index (κ1) is 20.0. The number of carboxylic acids is 1. The van der Waals surface area contributed by atoms with E-state index in [1.807, 2.05) is 30.3 Å². The molecule has 0 unspecified atom stereocenters. The van der Waals surface area contributed by atoms with E-state index in [2.05, 4.69) is 10.1 Å². The molecule has 3 rings (SSSR count). The highest BCUT2D eigenvalue weighted by molar-refractivity contribution is 5.73. The van der Waals surface area contributed by atoms with Gasteiger partial charge in [0.1, 0.15) is 6.54 Å². The highest BCUT2D eigenvalue weighted by Crippen LogP contribution is 2.40. The molecule has 3 aromatic rings. The Morgan fingerprint density at radius 1 is 1.07 bits per heavy atom. The maximum Gasteiger partial charge on any atom is 0.323 e. The van der Waals surface area contributed by atoms with Crippen molar-refractivity contribution in [3.8, 4) is 28.6 Å². The predicted molar refractivity (Wildman–Crippen MR) is 105 cm³/mol. The van der Waals surface area contributed by atoms with E-state index >= 15 is 0 Å². The highest BCUT2D eigenvalue weighted by Gasteiger charge is 2.19. The van der Waals surface area contributed by atoms with Crippen molar-refractivity contribution in [2.24, 2.45) is 0 Å². The molecule has 9 heteroatoms. The molecule has 152 valence electrons. The Morgan fingerprint density at radius 2 is 1.72 bits per heavy atom. The number of rotatable bonds is 9. The van der Waals surface area contributed by atoms with Gasteiger partial charge < -0.3 is 28.7 Å². The van der Waals surface area contributed by atoms with Crippen LogP contribution in [0.15, 0.2) is 47.0 Å². The summed E-state index contributed by atoms with van der Waals surface area (Å²) in [7, 11) is 4.56. The number of anilines is 1. The van der Waals surface area contributed by atoms with Gasteiger partial charge in [-0.2, -0.15) is 4.98 Å². The molecule has 0 saturated carbocycles. The lowest BCUT2D eigenvalue weighted by Crippen LogP contribution is -2.29. The van der Waals surface area contributed by atoms with Crippen LogP contribution in [0, 0.1) is 0 Å². The molecule has 1 aromatic heterocycles. The number of nitrogens with zero attached hydrogens (tertiary/aromatic N) is 3. The van der Waals surface area contributed by atoms with Crippen molar-refractivity contribution in [1.29, 1.82) is 0 Å². The van der Waals surface area contributed by atoms with E-state index in [0.29, 0.717) is 28.6 Å². The number of aromatic nitrogens is 2. The Bertz CT molecular complexity index is 948. The molecule has 0 saturated heterocycles. The van der Waals surface area contributed by atoms with E-state index in [1.165, 1.54) is 21.3 Å². The molecular formula is C20H21N3O6. The number of ether oxygens (including phenoxy) is 3. The Kier molecular flexibility index (Phi) is 6.18. The van der Waals surface area contributed by atoms with Crippen LogP contribution >= 0.6 is 0 Å². The minimum Gasteiger partial charge on any atom is -0.493 e. The number of aliphatic carboxylic acids is 1. The van der Waals surface area contributed by atoms with Crippen molar-refractivity contribution in [3.05, 3.63) is 48.4 Å². The van der Waals surface area contributed by atoms with Gasteiger partial charge in [0.25, 0.3) is 0 Å². The van der Waals surface area contributed by atoms with Crippen LogP contribution in [0.25, 0.3) is 11.4 Å². The standard InChI is InChI=1S/C20H21N3O6/c1-26-15-9-13(10-16(27-2)19(15)28-3)20-21-17(29-22-20)11-23(12-18(24)25)14-7-5-4-6-8-14/h4-10H,11-12H2,1-3H3,(H,24,25). The smallest absolute Gasteiger partial charge is 0.323 e. The first-order chi connectivity index (χ1) is 14.0. The zero-order chi connectivity index (χ0) is 20.8. The number of benzene rings is 2. The van der Waals surface area contributed by atoms with Gasteiger partial charge in [0.05, 0.1) is 27.9 Å². The molecule has 0 bridgehead atoms. The first-order valence-electron chi connectivity index (χ1n) is 8.70. The maximum atomic E-state index is 11.3. The molecule has 9 nitrogen and oxygen atoms in total. The van der Waals surface area contributed by atoms with E-state index in [9.17, 15) is 9.90 Å². The van der Waals surface area contributed by atoms with Crippen LogP contribution in [-0.2, 0) is 11.3 Å². The van der Waals surface area contributed by atoms with Crippen LogP contribution in [0.4, 0.5) is 5.69 Å². The van der Waals surface area contributed by atoms with Crippen LogP contribution in [0.1, 0.15) is 5.89 Å². The second kappa shape index (κ2) is 8.96. The molecule has 1 N–H and O–H groups in total. The number of hydrogen-bond donors (Lipinski definition) is 1. The average molecular weight is 399 g/mol. The normalized spacial score (nSPS) is 10.4. The summed E-state index contributed by atoms with van der Waals surface area (Å²) in [6.45, 7) is -0.0559. The van der Waals surface area contributed by atoms with Gasteiger partial charge in [0.15, 0.2) is 11.5 Å². The average Bonchev–Trinajstić information content (AvgIpc) is 3.21. The van der Waals surface area contributed by atoms with Gasteiger partial charge in [-0.05, 0) is 24.3 Å². The minimum absolute atomic E-state index is 0.147. The van der Waals surface area contributed by atoms with Gasteiger partial charge in [-0.3, -0.25) is 4.79 Å². The van der Waals surface area contributed by atoms with Crippen LogP contribution in [0.3, 0.4) is 0 Å². The summed E-state index contributed by atoms with van der Waals surface area (Å²) >= 11 is 0. The summed E-state index contributed by atoms with van der Waals surface area (Å²) in [5, 5.41) is 13.2. The highest BCUT2D eigenvalue weighted by atomic mass is 16.5. The monoisotopic (exact) mass is 399 g/mol. The number of hydrogen-bond acceptors (Lipinski definition) is 8. The Morgan fingerprint density at radius 3 is 2.28 bits per heavy atom. The lowest BCUT2D eigenvalue weighted by atomic mass is 10.1. The summed E-state index contributed by atoms with van der Waals surface area (Å²) < 4.78 is 21.4. The molecule has 0 radical (unpaired) electrons. The zero-order valence-corrected chi connectivity index (χ0v) is 16.3. The van der Waals surface area contributed by atoms with Crippen molar-refractivity contribution in [3.63, 3.8) is 0 Å². The zero-order valence-electron chi connectivity index (χ0n) is 16.3. The third kappa shape index (κ3) is 4.57. The number of para-hydroxylation sites is 1. The fourth-order valence-corrected chi connectivity index (χ4v) is 2.85.